The molecule has 0 saturated heterocycles. The molecule has 0 spiro atoms. The SMILES string of the molecule is C=Cc1cc(I)c(Oc2ccc(C(=O)O)c(C(F)(F)F)c2)c(OC)c1. The molecule has 0 heterocycles. The van der Waals surface area contributed by atoms with Crippen molar-refractivity contribution < 1.29 is 32.5 Å². The van der Waals surface area contributed by atoms with E-state index in [4.69, 9.17) is 14.6 Å². The van der Waals surface area contributed by atoms with Gasteiger partial charge in [0.1, 0.15) is 5.75 Å². The van der Waals surface area contributed by atoms with Crippen LogP contribution in [-0.4, -0.2) is 18.2 Å². The lowest BCUT2D eigenvalue weighted by molar-refractivity contribution is -0.138. The summed E-state index contributed by atoms with van der Waals surface area (Å²) in [5.74, 6) is -1.27. The van der Waals surface area contributed by atoms with E-state index in [0.29, 0.717) is 15.4 Å². The number of hydrogen-bond donors (Lipinski definition) is 1. The fraction of sp³-hybridized carbons (Fsp3) is 0.118. The molecule has 0 unspecified atom stereocenters. The van der Waals surface area contributed by atoms with Crippen molar-refractivity contribution >= 4 is 34.6 Å². The Morgan fingerprint density at radius 3 is 2.48 bits per heavy atom. The summed E-state index contributed by atoms with van der Waals surface area (Å²) in [5.41, 5.74) is -1.37. The van der Waals surface area contributed by atoms with Crippen molar-refractivity contribution in [2.75, 3.05) is 7.11 Å². The van der Waals surface area contributed by atoms with Gasteiger partial charge in [-0.15, -0.1) is 0 Å². The smallest absolute Gasteiger partial charge is 0.417 e. The van der Waals surface area contributed by atoms with E-state index in [1.165, 1.54) is 7.11 Å². The molecule has 0 bridgehead atoms. The van der Waals surface area contributed by atoms with Crippen LogP contribution in [0.15, 0.2) is 36.9 Å². The van der Waals surface area contributed by atoms with Gasteiger partial charge in [-0.3, -0.25) is 0 Å². The first-order chi connectivity index (χ1) is 11.7. The summed E-state index contributed by atoms with van der Waals surface area (Å²) >= 11 is 1.96. The van der Waals surface area contributed by atoms with Gasteiger partial charge in [0.2, 0.25) is 0 Å². The van der Waals surface area contributed by atoms with Crippen LogP contribution in [0.1, 0.15) is 21.5 Å². The van der Waals surface area contributed by atoms with E-state index in [0.717, 1.165) is 17.7 Å². The zero-order valence-electron chi connectivity index (χ0n) is 12.9. The lowest BCUT2D eigenvalue weighted by Crippen LogP contribution is -2.13. The summed E-state index contributed by atoms with van der Waals surface area (Å²) in [6.45, 7) is 3.65. The Hall–Kier alpha value is -2.23. The second-order valence-electron chi connectivity index (χ2n) is 4.85. The number of carbonyl (C=O) groups is 1. The van der Waals surface area contributed by atoms with E-state index in [1.807, 2.05) is 22.6 Å². The fourth-order valence-corrected chi connectivity index (χ4v) is 2.82. The minimum absolute atomic E-state index is 0.153. The van der Waals surface area contributed by atoms with Crippen LogP contribution in [0.3, 0.4) is 0 Å². The number of halogens is 4. The number of carboxylic acid groups (broad SMARTS) is 1. The monoisotopic (exact) mass is 464 g/mol. The van der Waals surface area contributed by atoms with E-state index in [1.54, 1.807) is 18.2 Å². The molecule has 0 fully saturated rings. The van der Waals surface area contributed by atoms with Gasteiger partial charge in [0.25, 0.3) is 0 Å². The predicted molar refractivity (Wildman–Crippen MR) is 94.3 cm³/mol. The Balaban J connectivity index is 2.52. The van der Waals surface area contributed by atoms with E-state index in [2.05, 4.69) is 6.58 Å². The number of ether oxygens (including phenoxy) is 2. The molecular formula is C17H12F3IO4. The number of rotatable bonds is 5. The fourth-order valence-electron chi connectivity index (χ4n) is 2.08. The van der Waals surface area contributed by atoms with Crippen LogP contribution in [0, 0.1) is 3.57 Å². The quantitative estimate of drug-likeness (QED) is 0.598. The Kier molecular flexibility index (Phi) is 5.61. The number of aromatic carboxylic acids is 1. The largest absolute Gasteiger partial charge is 0.493 e. The molecule has 0 saturated carbocycles. The zero-order chi connectivity index (χ0) is 18.8. The molecule has 2 aromatic rings. The highest BCUT2D eigenvalue weighted by Gasteiger charge is 2.36. The average molecular weight is 464 g/mol. The standard InChI is InChI=1S/C17H12F3IO4/c1-3-9-6-13(21)15(14(7-9)24-2)25-10-4-5-11(16(22)23)12(8-10)17(18,19)20/h3-8H,1H2,2H3,(H,22,23). The van der Waals surface area contributed by atoms with Crippen LogP contribution in [0.2, 0.25) is 0 Å². The predicted octanol–water partition coefficient (Wildman–Crippen LogP) is 5.45. The van der Waals surface area contributed by atoms with Gasteiger partial charge in [0.15, 0.2) is 11.5 Å². The third kappa shape index (κ3) is 4.25. The molecule has 2 rings (SSSR count). The number of alkyl halides is 3. The van der Waals surface area contributed by atoms with Gasteiger partial charge in [-0.2, -0.15) is 13.2 Å². The first kappa shape index (κ1) is 19.1. The molecule has 0 aromatic heterocycles. The van der Waals surface area contributed by atoms with Crippen LogP contribution >= 0.6 is 22.6 Å². The summed E-state index contributed by atoms with van der Waals surface area (Å²) in [5, 5.41) is 8.92. The van der Waals surface area contributed by atoms with Crippen molar-refractivity contribution in [1.82, 2.24) is 0 Å². The molecule has 25 heavy (non-hydrogen) atoms. The second kappa shape index (κ2) is 7.34. The van der Waals surface area contributed by atoms with Gasteiger partial charge in [-0.25, -0.2) is 4.79 Å². The van der Waals surface area contributed by atoms with Gasteiger partial charge >= 0.3 is 12.1 Å². The molecule has 0 radical (unpaired) electrons. The Bertz CT molecular complexity index is 831. The van der Waals surface area contributed by atoms with Crippen LogP contribution < -0.4 is 9.47 Å². The summed E-state index contributed by atoms with van der Waals surface area (Å²) in [6, 6.07) is 6.02. The molecule has 1 N–H and O–H groups in total. The van der Waals surface area contributed by atoms with Gasteiger partial charge in [-0.1, -0.05) is 12.7 Å². The Morgan fingerprint density at radius 2 is 1.96 bits per heavy atom. The molecule has 0 amide bonds. The topological polar surface area (TPSA) is 55.8 Å². The van der Waals surface area contributed by atoms with E-state index >= 15 is 0 Å². The number of carboxylic acids is 1. The van der Waals surface area contributed by atoms with E-state index in [9.17, 15) is 18.0 Å². The van der Waals surface area contributed by atoms with E-state index < -0.39 is 23.3 Å². The highest BCUT2D eigenvalue weighted by molar-refractivity contribution is 14.1. The molecular weight excluding hydrogens is 452 g/mol. The highest BCUT2D eigenvalue weighted by Crippen LogP contribution is 2.40. The average Bonchev–Trinajstić information content (AvgIpc) is 2.55. The number of benzene rings is 2. The normalized spacial score (nSPS) is 11.1. The molecule has 8 heteroatoms. The first-order valence-corrected chi connectivity index (χ1v) is 7.87. The third-order valence-corrected chi connectivity index (χ3v) is 4.04. The van der Waals surface area contributed by atoms with Gasteiger partial charge in [0, 0.05) is 0 Å². The van der Waals surface area contributed by atoms with E-state index in [-0.39, 0.29) is 11.5 Å². The summed E-state index contributed by atoms with van der Waals surface area (Å²) in [4.78, 5) is 11.0. The molecule has 0 aliphatic rings. The van der Waals surface area contributed by atoms with Crippen LogP contribution in [0.5, 0.6) is 17.2 Å². The van der Waals surface area contributed by atoms with Crippen LogP contribution in [0.4, 0.5) is 13.2 Å². The maximum Gasteiger partial charge on any atom is 0.417 e. The molecule has 4 nitrogen and oxygen atoms in total. The number of methoxy groups -OCH3 is 1. The summed E-state index contributed by atoms with van der Waals surface area (Å²) < 4.78 is 50.6. The Morgan fingerprint density at radius 1 is 1.28 bits per heavy atom. The van der Waals surface area contributed by atoms with Crippen molar-refractivity contribution in [1.29, 1.82) is 0 Å². The zero-order valence-corrected chi connectivity index (χ0v) is 15.0. The third-order valence-electron chi connectivity index (χ3n) is 3.23. The second-order valence-corrected chi connectivity index (χ2v) is 6.01. The van der Waals surface area contributed by atoms with Gasteiger partial charge < -0.3 is 14.6 Å². The van der Waals surface area contributed by atoms with Crippen molar-refractivity contribution in [3.05, 3.63) is 57.2 Å². The van der Waals surface area contributed by atoms with Crippen molar-refractivity contribution in [2.45, 2.75) is 6.18 Å². The molecule has 132 valence electrons. The van der Waals surface area contributed by atoms with Gasteiger partial charge in [-0.05, 0) is 58.5 Å². The maximum absolute atomic E-state index is 13.1. The first-order valence-electron chi connectivity index (χ1n) is 6.79. The summed E-state index contributed by atoms with van der Waals surface area (Å²) in [7, 11) is 1.40. The molecule has 2 aromatic carbocycles. The molecule has 0 aliphatic heterocycles. The molecule has 0 aliphatic carbocycles. The van der Waals surface area contributed by atoms with Crippen molar-refractivity contribution in [3.8, 4) is 17.2 Å². The minimum Gasteiger partial charge on any atom is -0.493 e. The van der Waals surface area contributed by atoms with Crippen LogP contribution in [0.25, 0.3) is 6.08 Å². The van der Waals surface area contributed by atoms with Gasteiger partial charge in [0.05, 0.1) is 21.8 Å². The molecule has 0 atom stereocenters. The number of hydrogen-bond acceptors (Lipinski definition) is 3. The highest BCUT2D eigenvalue weighted by atomic mass is 127. The lowest BCUT2D eigenvalue weighted by Gasteiger charge is -2.16. The lowest BCUT2D eigenvalue weighted by atomic mass is 10.1. The summed E-state index contributed by atoms with van der Waals surface area (Å²) in [6.07, 6.45) is -3.23. The minimum atomic E-state index is -4.82. The van der Waals surface area contributed by atoms with Crippen molar-refractivity contribution in [2.24, 2.45) is 0 Å². The van der Waals surface area contributed by atoms with Crippen molar-refractivity contribution in [3.63, 3.8) is 0 Å². The van der Waals surface area contributed by atoms with Crippen LogP contribution in [-0.2, 0) is 6.18 Å². The maximum atomic E-state index is 13.1. The Labute approximate surface area is 155 Å².